The van der Waals surface area contributed by atoms with E-state index >= 15 is 0 Å². The zero-order valence-corrected chi connectivity index (χ0v) is 7.69. The SMILES string of the molecule is C[C@H](O)CC(=O)OC(=O)C[C@H](C)O. The average Bonchev–Trinajstić information content (AvgIpc) is 1.80. The first-order chi connectivity index (χ1) is 5.91. The molecule has 0 aromatic heterocycles. The van der Waals surface area contributed by atoms with Gasteiger partial charge in [-0.2, -0.15) is 0 Å². The van der Waals surface area contributed by atoms with Crippen LogP contribution in [0.3, 0.4) is 0 Å². The number of aliphatic hydroxyl groups excluding tert-OH is 2. The predicted molar refractivity (Wildman–Crippen MR) is 43.7 cm³/mol. The fraction of sp³-hybridized carbons (Fsp3) is 0.750. The summed E-state index contributed by atoms with van der Waals surface area (Å²) < 4.78 is 4.27. The van der Waals surface area contributed by atoms with Gasteiger partial charge >= 0.3 is 11.9 Å². The lowest BCUT2D eigenvalue weighted by atomic mass is 10.3. The van der Waals surface area contributed by atoms with Gasteiger partial charge in [-0.1, -0.05) is 0 Å². The van der Waals surface area contributed by atoms with Gasteiger partial charge in [-0.3, -0.25) is 9.59 Å². The van der Waals surface area contributed by atoms with E-state index < -0.39 is 24.1 Å². The van der Waals surface area contributed by atoms with E-state index in [-0.39, 0.29) is 12.8 Å². The zero-order chi connectivity index (χ0) is 10.4. The number of rotatable bonds is 4. The number of carbonyl (C=O) groups excluding carboxylic acids is 2. The molecule has 2 N–H and O–H groups in total. The molecule has 76 valence electrons. The van der Waals surface area contributed by atoms with Crippen molar-refractivity contribution in [1.29, 1.82) is 0 Å². The molecule has 0 saturated heterocycles. The summed E-state index contributed by atoms with van der Waals surface area (Å²) in [7, 11) is 0. The maximum absolute atomic E-state index is 10.8. The highest BCUT2D eigenvalue weighted by atomic mass is 16.6. The minimum absolute atomic E-state index is 0.217. The molecule has 5 heteroatoms. The summed E-state index contributed by atoms with van der Waals surface area (Å²) >= 11 is 0. The van der Waals surface area contributed by atoms with Crippen molar-refractivity contribution in [3.05, 3.63) is 0 Å². The van der Waals surface area contributed by atoms with Gasteiger partial charge in [-0.25, -0.2) is 0 Å². The molecule has 0 aliphatic carbocycles. The van der Waals surface area contributed by atoms with Crippen LogP contribution in [0.5, 0.6) is 0 Å². The second kappa shape index (κ2) is 5.66. The van der Waals surface area contributed by atoms with Crippen LogP contribution in [0.2, 0.25) is 0 Å². The Morgan fingerprint density at radius 2 is 1.38 bits per heavy atom. The molecule has 0 aliphatic rings. The third kappa shape index (κ3) is 7.42. The Hall–Kier alpha value is -0.940. The van der Waals surface area contributed by atoms with Gasteiger partial charge in [0, 0.05) is 0 Å². The van der Waals surface area contributed by atoms with Crippen LogP contribution in [0.1, 0.15) is 26.7 Å². The largest absolute Gasteiger partial charge is 0.393 e. The summed E-state index contributed by atoms with van der Waals surface area (Å²) in [5.41, 5.74) is 0. The van der Waals surface area contributed by atoms with E-state index in [0.717, 1.165) is 0 Å². The molecule has 0 fully saturated rings. The monoisotopic (exact) mass is 190 g/mol. The predicted octanol–water partition coefficient (Wildman–Crippen LogP) is -0.402. The highest BCUT2D eigenvalue weighted by molar-refractivity contribution is 5.85. The minimum atomic E-state index is -0.827. The number of hydrogen-bond acceptors (Lipinski definition) is 5. The van der Waals surface area contributed by atoms with Crippen molar-refractivity contribution in [2.75, 3.05) is 0 Å². The molecule has 0 saturated carbocycles. The molecule has 2 atom stereocenters. The standard InChI is InChI=1S/C8H14O5/c1-5(9)3-7(11)13-8(12)4-6(2)10/h5-6,9-10H,3-4H2,1-2H3/t5-,6-/m0/s1. The van der Waals surface area contributed by atoms with E-state index in [1.165, 1.54) is 13.8 Å². The number of carbonyl (C=O) groups is 2. The summed E-state index contributed by atoms with van der Waals surface area (Å²) in [5.74, 6) is -1.55. The maximum atomic E-state index is 10.8. The molecule has 0 rings (SSSR count). The van der Waals surface area contributed by atoms with Gasteiger partial charge in [0.1, 0.15) is 0 Å². The Labute approximate surface area is 76.3 Å². The number of esters is 2. The molecule has 0 aliphatic heterocycles. The van der Waals surface area contributed by atoms with E-state index in [2.05, 4.69) is 4.74 Å². The third-order valence-electron chi connectivity index (χ3n) is 1.15. The van der Waals surface area contributed by atoms with Gasteiger partial charge in [0.15, 0.2) is 0 Å². The topological polar surface area (TPSA) is 83.8 Å². The van der Waals surface area contributed by atoms with Crippen molar-refractivity contribution >= 4 is 11.9 Å². The smallest absolute Gasteiger partial charge is 0.316 e. The van der Waals surface area contributed by atoms with Crippen molar-refractivity contribution in [2.24, 2.45) is 0 Å². The van der Waals surface area contributed by atoms with Gasteiger partial charge < -0.3 is 14.9 Å². The Morgan fingerprint density at radius 3 is 1.62 bits per heavy atom. The Kier molecular flexibility index (Phi) is 5.25. The molecule has 13 heavy (non-hydrogen) atoms. The number of aliphatic hydroxyl groups is 2. The molecular weight excluding hydrogens is 176 g/mol. The molecule has 0 aromatic rings. The summed E-state index contributed by atoms with van der Waals surface area (Å²) in [5, 5.41) is 17.5. The van der Waals surface area contributed by atoms with Gasteiger partial charge in [0.05, 0.1) is 25.0 Å². The lowest BCUT2D eigenvalue weighted by Gasteiger charge is -2.05. The zero-order valence-electron chi connectivity index (χ0n) is 7.69. The first kappa shape index (κ1) is 12.1. The van der Waals surface area contributed by atoms with Gasteiger partial charge in [0.25, 0.3) is 0 Å². The van der Waals surface area contributed by atoms with Crippen LogP contribution in [0, 0.1) is 0 Å². The van der Waals surface area contributed by atoms with Crippen LogP contribution in [-0.2, 0) is 14.3 Å². The normalized spacial score (nSPS) is 14.8. The molecule has 5 nitrogen and oxygen atoms in total. The van der Waals surface area contributed by atoms with Crippen LogP contribution >= 0.6 is 0 Å². The molecule has 0 bridgehead atoms. The molecule has 0 heterocycles. The van der Waals surface area contributed by atoms with Crippen molar-refractivity contribution in [2.45, 2.75) is 38.9 Å². The van der Waals surface area contributed by atoms with E-state index in [4.69, 9.17) is 10.2 Å². The second-order valence-corrected chi connectivity index (χ2v) is 2.95. The lowest BCUT2D eigenvalue weighted by molar-refractivity contribution is -0.161. The van der Waals surface area contributed by atoms with Gasteiger partial charge in [-0.15, -0.1) is 0 Å². The fourth-order valence-corrected chi connectivity index (χ4v) is 0.693. The van der Waals surface area contributed by atoms with Crippen LogP contribution in [0.15, 0.2) is 0 Å². The van der Waals surface area contributed by atoms with Crippen molar-refractivity contribution in [3.8, 4) is 0 Å². The lowest BCUT2D eigenvalue weighted by Crippen LogP contribution is -2.19. The van der Waals surface area contributed by atoms with Gasteiger partial charge in [-0.05, 0) is 13.8 Å². The van der Waals surface area contributed by atoms with Crippen molar-refractivity contribution in [1.82, 2.24) is 0 Å². The first-order valence-corrected chi connectivity index (χ1v) is 4.01. The minimum Gasteiger partial charge on any atom is -0.393 e. The highest BCUT2D eigenvalue weighted by Crippen LogP contribution is 1.97. The van der Waals surface area contributed by atoms with Crippen LogP contribution in [0.25, 0.3) is 0 Å². The summed E-state index contributed by atoms with van der Waals surface area (Å²) in [6.45, 7) is 2.83. The first-order valence-electron chi connectivity index (χ1n) is 4.01. The van der Waals surface area contributed by atoms with E-state index in [0.29, 0.717) is 0 Å². The molecule has 0 aromatic carbocycles. The second-order valence-electron chi connectivity index (χ2n) is 2.95. The Balaban J connectivity index is 3.72. The van der Waals surface area contributed by atoms with E-state index in [1.54, 1.807) is 0 Å². The quantitative estimate of drug-likeness (QED) is 0.465. The summed E-state index contributed by atoms with van der Waals surface area (Å²) in [6.07, 6.45) is -2.09. The van der Waals surface area contributed by atoms with Crippen molar-refractivity contribution < 1.29 is 24.5 Å². The number of ether oxygens (including phenoxy) is 1. The van der Waals surface area contributed by atoms with E-state index in [1.807, 2.05) is 0 Å². The summed E-state index contributed by atoms with van der Waals surface area (Å²) in [4.78, 5) is 21.5. The van der Waals surface area contributed by atoms with Crippen molar-refractivity contribution in [3.63, 3.8) is 0 Å². The van der Waals surface area contributed by atoms with Crippen LogP contribution < -0.4 is 0 Å². The summed E-state index contributed by atoms with van der Waals surface area (Å²) in [6, 6.07) is 0. The Bertz CT molecular complexity index is 165. The van der Waals surface area contributed by atoms with E-state index in [9.17, 15) is 9.59 Å². The fourth-order valence-electron chi connectivity index (χ4n) is 0.693. The van der Waals surface area contributed by atoms with Gasteiger partial charge in [0.2, 0.25) is 0 Å². The third-order valence-corrected chi connectivity index (χ3v) is 1.15. The maximum Gasteiger partial charge on any atom is 0.316 e. The van der Waals surface area contributed by atoms with Crippen LogP contribution in [0.4, 0.5) is 0 Å². The number of hydrogen-bond donors (Lipinski definition) is 2. The molecule has 0 unspecified atom stereocenters. The molecule has 0 radical (unpaired) electrons. The van der Waals surface area contributed by atoms with Crippen LogP contribution in [-0.4, -0.2) is 34.4 Å². The molecule has 0 spiro atoms. The molecular formula is C8H14O5. The average molecular weight is 190 g/mol. The molecule has 0 amide bonds. The highest BCUT2D eigenvalue weighted by Gasteiger charge is 2.14. The Morgan fingerprint density at radius 1 is 1.08 bits per heavy atom.